The summed E-state index contributed by atoms with van der Waals surface area (Å²) in [6.45, 7) is 2.00. The van der Waals surface area contributed by atoms with Gasteiger partial charge in [0.2, 0.25) is 0 Å². The Bertz CT molecular complexity index is 595. The molecular weight excluding hydrogens is 251 g/mol. The van der Waals surface area contributed by atoms with Crippen LogP contribution in [0.5, 0.6) is 0 Å². The number of carbonyl (C=O) groups excluding carboxylic acids is 1. The number of benzene rings is 2. The molecule has 0 aromatic heterocycles. The number of hydrogen-bond donors (Lipinski definition) is 0. The number of rotatable bonds is 1. The molecule has 0 aliphatic heterocycles. The smallest absolute Gasteiger partial charge is 0.744 e. The first-order valence-electron chi connectivity index (χ1n) is 4.31. The van der Waals surface area contributed by atoms with E-state index in [-0.39, 0.29) is 34.5 Å². The molecule has 4 nitrogen and oxygen atoms in total. The molecular formula is C11H9NaO4S. The first-order chi connectivity index (χ1) is 7.57. The van der Waals surface area contributed by atoms with E-state index < -0.39 is 10.1 Å². The van der Waals surface area contributed by atoms with Gasteiger partial charge in [0, 0.05) is 0 Å². The van der Waals surface area contributed by atoms with Gasteiger partial charge >= 0.3 is 29.6 Å². The van der Waals surface area contributed by atoms with Gasteiger partial charge in [0.05, 0.1) is 4.90 Å². The van der Waals surface area contributed by atoms with Crippen LogP contribution in [0.3, 0.4) is 0 Å². The molecule has 0 aliphatic rings. The van der Waals surface area contributed by atoms with Gasteiger partial charge in [-0.15, -0.1) is 0 Å². The Morgan fingerprint density at radius 2 is 1.47 bits per heavy atom. The zero-order valence-electron chi connectivity index (χ0n) is 9.29. The van der Waals surface area contributed by atoms with Crippen LogP contribution < -0.4 is 29.6 Å². The summed E-state index contributed by atoms with van der Waals surface area (Å²) in [5.41, 5.74) is 0. The molecule has 0 fully saturated rings. The van der Waals surface area contributed by atoms with Crippen LogP contribution >= 0.6 is 0 Å². The molecule has 0 N–H and O–H groups in total. The van der Waals surface area contributed by atoms with Crippen molar-refractivity contribution in [2.45, 2.75) is 4.90 Å². The van der Waals surface area contributed by atoms with E-state index >= 15 is 0 Å². The Morgan fingerprint density at radius 1 is 0.941 bits per heavy atom. The maximum absolute atomic E-state index is 10.7. The molecule has 0 atom stereocenters. The minimum Gasteiger partial charge on any atom is -0.744 e. The average Bonchev–Trinajstić information content (AvgIpc) is 2.30. The molecule has 0 bridgehead atoms. The van der Waals surface area contributed by atoms with Crippen molar-refractivity contribution < 1.29 is 47.3 Å². The minimum absolute atomic E-state index is 0. The van der Waals surface area contributed by atoms with E-state index in [0.717, 1.165) is 10.8 Å². The summed E-state index contributed by atoms with van der Waals surface area (Å²) in [4.78, 5) is 7.82. The largest absolute Gasteiger partial charge is 1.00 e. The summed E-state index contributed by atoms with van der Waals surface area (Å²) < 4.78 is 32.2. The van der Waals surface area contributed by atoms with Crippen LogP contribution in [-0.4, -0.2) is 19.8 Å². The first kappa shape index (κ1) is 16.3. The van der Waals surface area contributed by atoms with Crippen molar-refractivity contribution in [3.8, 4) is 0 Å². The molecule has 2 aromatic rings. The van der Waals surface area contributed by atoms with Crippen molar-refractivity contribution >= 4 is 27.7 Å². The molecule has 6 heteroatoms. The molecule has 17 heavy (non-hydrogen) atoms. The maximum atomic E-state index is 10.7. The predicted octanol–water partition coefficient (Wildman–Crippen LogP) is -1.44. The third kappa shape index (κ3) is 4.22. The molecule has 2 rings (SSSR count). The zero-order valence-corrected chi connectivity index (χ0v) is 12.1. The molecule has 0 saturated heterocycles. The summed E-state index contributed by atoms with van der Waals surface area (Å²) in [5.74, 6) is 0. The van der Waals surface area contributed by atoms with Gasteiger partial charge in [-0.3, -0.25) is 0 Å². The van der Waals surface area contributed by atoms with Crippen LogP contribution in [0.1, 0.15) is 0 Å². The summed E-state index contributed by atoms with van der Waals surface area (Å²) >= 11 is 0. The van der Waals surface area contributed by atoms with Crippen LogP contribution in [0, 0.1) is 0 Å². The molecule has 0 aliphatic carbocycles. The minimum atomic E-state index is -4.34. The van der Waals surface area contributed by atoms with E-state index in [0.29, 0.717) is 0 Å². The van der Waals surface area contributed by atoms with Gasteiger partial charge in [-0.1, -0.05) is 30.3 Å². The Morgan fingerprint density at radius 3 is 2.00 bits per heavy atom. The van der Waals surface area contributed by atoms with Crippen LogP contribution in [-0.2, 0) is 14.9 Å². The fourth-order valence-corrected chi connectivity index (χ4v) is 1.83. The fraction of sp³-hybridized carbons (Fsp3) is 0. The van der Waals surface area contributed by atoms with Gasteiger partial charge in [-0.25, -0.2) is 8.42 Å². The Kier molecular flexibility index (Phi) is 6.59. The van der Waals surface area contributed by atoms with Crippen molar-refractivity contribution in [3.63, 3.8) is 0 Å². The summed E-state index contributed by atoms with van der Waals surface area (Å²) in [6.07, 6.45) is 0. The number of hydrogen-bond acceptors (Lipinski definition) is 4. The third-order valence-corrected chi connectivity index (χ3v) is 2.84. The standard InChI is InChI=1S/C10H8O3S.CH2O.Na/c11-14(12,13)10-6-5-8-3-1-2-4-9(8)7-10;1-2;/h1-7H,(H,11,12,13);1H2;/q;;+1/p-1. The third-order valence-electron chi connectivity index (χ3n) is 2.01. The SMILES string of the molecule is C=O.O=S(=O)([O-])c1ccc2ccccc2c1.[Na+]. The molecule has 0 amide bonds. The topological polar surface area (TPSA) is 74.3 Å². The van der Waals surface area contributed by atoms with Gasteiger partial charge in [0.1, 0.15) is 16.9 Å². The van der Waals surface area contributed by atoms with Crippen LogP contribution in [0.15, 0.2) is 47.4 Å². The van der Waals surface area contributed by atoms with E-state index in [1.807, 2.05) is 18.9 Å². The fourth-order valence-electron chi connectivity index (χ4n) is 1.32. The first-order valence-corrected chi connectivity index (χ1v) is 5.72. The van der Waals surface area contributed by atoms with Gasteiger partial charge < -0.3 is 9.35 Å². The second kappa shape index (κ2) is 6.88. The normalized spacial score (nSPS) is 9.94. The zero-order chi connectivity index (χ0) is 12.2. The van der Waals surface area contributed by atoms with Gasteiger partial charge in [-0.05, 0) is 22.9 Å². The summed E-state index contributed by atoms with van der Waals surface area (Å²) in [7, 11) is -4.34. The molecule has 0 radical (unpaired) electrons. The van der Waals surface area contributed by atoms with E-state index in [4.69, 9.17) is 4.79 Å². The Labute approximate surface area is 122 Å². The average molecular weight is 260 g/mol. The van der Waals surface area contributed by atoms with Crippen LogP contribution in [0.25, 0.3) is 10.8 Å². The van der Waals surface area contributed by atoms with Gasteiger partial charge in [0.25, 0.3) is 0 Å². The second-order valence-electron chi connectivity index (χ2n) is 2.96. The number of carbonyl (C=O) groups is 1. The monoisotopic (exact) mass is 260 g/mol. The van der Waals surface area contributed by atoms with Crippen LogP contribution in [0.2, 0.25) is 0 Å². The molecule has 0 unspecified atom stereocenters. The van der Waals surface area contributed by atoms with Crippen molar-refractivity contribution in [3.05, 3.63) is 42.5 Å². The summed E-state index contributed by atoms with van der Waals surface area (Å²) in [5, 5.41) is 1.67. The molecule has 2 aromatic carbocycles. The summed E-state index contributed by atoms with van der Waals surface area (Å²) in [6, 6.07) is 11.6. The van der Waals surface area contributed by atoms with Crippen LogP contribution in [0.4, 0.5) is 0 Å². The van der Waals surface area contributed by atoms with Gasteiger partial charge in [0.15, 0.2) is 0 Å². The van der Waals surface area contributed by atoms with Crippen molar-refractivity contribution in [2.75, 3.05) is 0 Å². The van der Waals surface area contributed by atoms with E-state index in [9.17, 15) is 13.0 Å². The molecule has 0 heterocycles. The predicted molar refractivity (Wildman–Crippen MR) is 59.0 cm³/mol. The van der Waals surface area contributed by atoms with Crippen molar-refractivity contribution in [1.82, 2.24) is 0 Å². The van der Waals surface area contributed by atoms with E-state index in [2.05, 4.69) is 0 Å². The van der Waals surface area contributed by atoms with Crippen molar-refractivity contribution in [2.24, 2.45) is 0 Å². The van der Waals surface area contributed by atoms with Crippen molar-refractivity contribution in [1.29, 1.82) is 0 Å². The van der Waals surface area contributed by atoms with E-state index in [1.54, 1.807) is 18.2 Å². The van der Waals surface area contributed by atoms with E-state index in [1.165, 1.54) is 12.1 Å². The Hall–Kier alpha value is -0.720. The Balaban J connectivity index is 0.000000811. The molecule has 0 spiro atoms. The number of fused-ring (bicyclic) bond motifs is 1. The molecule has 84 valence electrons. The quantitative estimate of drug-likeness (QED) is 0.465. The van der Waals surface area contributed by atoms with Gasteiger partial charge in [-0.2, -0.15) is 0 Å². The second-order valence-corrected chi connectivity index (χ2v) is 4.34. The molecule has 0 saturated carbocycles. The maximum Gasteiger partial charge on any atom is 1.00 e.